The Hall–Kier alpha value is -0.230. The Morgan fingerprint density at radius 3 is 1.69 bits per heavy atom. The van der Waals surface area contributed by atoms with E-state index < -0.39 is 0 Å². The summed E-state index contributed by atoms with van der Waals surface area (Å²) in [7, 11) is -0.332. The molecule has 0 amide bonds. The van der Waals surface area contributed by atoms with Crippen molar-refractivity contribution >= 4 is 14.0 Å². The van der Waals surface area contributed by atoms with Crippen LogP contribution in [0.5, 0.6) is 0 Å². The van der Waals surface area contributed by atoms with E-state index >= 15 is 0 Å². The summed E-state index contributed by atoms with van der Waals surface area (Å²) >= 11 is 0. The Kier molecular flexibility index (Phi) is 3.38. The van der Waals surface area contributed by atoms with Gasteiger partial charge in [0.15, 0.2) is 0 Å². The average Bonchev–Trinajstić information content (AvgIpc) is 1.95. The molecule has 0 aromatic rings. The molecule has 1 rings (SSSR count). The average molecular weight is 242 g/mol. The summed E-state index contributed by atoms with van der Waals surface area (Å²) in [5.74, 6) is -0.104. The first-order chi connectivity index (χ1) is 7.02. The molecule has 2 nitrogen and oxygen atoms in total. The van der Waals surface area contributed by atoms with Gasteiger partial charge in [0.25, 0.3) is 0 Å². The number of carbonyl (C=O) groups is 1. The Bertz CT molecular complexity index is 296. The highest BCUT2D eigenvalue weighted by Gasteiger charge is 2.53. The summed E-state index contributed by atoms with van der Waals surface area (Å²) in [5, 5.41) is 0. The molecule has 0 spiro atoms. The molecule has 0 atom stereocenters. The molecular formula is C13H23O2P. The third kappa shape index (κ3) is 2.53. The Labute approximate surface area is 100 Å². The maximum absolute atomic E-state index is 11.9. The monoisotopic (exact) mass is 242 g/mol. The van der Waals surface area contributed by atoms with Gasteiger partial charge in [-0.3, -0.25) is 9.36 Å². The number of hydrogen-bond acceptors (Lipinski definition) is 2. The first-order valence-corrected chi connectivity index (χ1v) is 6.70. The topological polar surface area (TPSA) is 34.1 Å². The van der Waals surface area contributed by atoms with Crippen molar-refractivity contribution in [1.29, 1.82) is 0 Å². The summed E-state index contributed by atoms with van der Waals surface area (Å²) in [6.45, 7) is 13.0. The van der Waals surface area contributed by atoms with Gasteiger partial charge < -0.3 is 0 Å². The lowest BCUT2D eigenvalue weighted by molar-refractivity contribution is -0.131. The second-order valence-electron chi connectivity index (χ2n) is 7.36. The van der Waals surface area contributed by atoms with Crippen molar-refractivity contribution in [2.45, 2.75) is 54.4 Å². The second-order valence-corrected chi connectivity index (χ2v) is 7.98. The van der Waals surface area contributed by atoms with Crippen LogP contribution in [0.3, 0.4) is 0 Å². The maximum atomic E-state index is 11.9. The lowest BCUT2D eigenvalue weighted by Gasteiger charge is -2.54. The molecule has 92 valence electrons. The number of rotatable bonds is 2. The summed E-state index contributed by atoms with van der Waals surface area (Å²) in [6, 6.07) is 0. The van der Waals surface area contributed by atoms with Crippen LogP contribution in [-0.4, -0.2) is 5.52 Å². The van der Waals surface area contributed by atoms with Gasteiger partial charge in [-0.05, 0) is 29.1 Å². The van der Waals surface area contributed by atoms with Crippen molar-refractivity contribution in [3.63, 3.8) is 0 Å². The van der Waals surface area contributed by atoms with Gasteiger partial charge >= 0.3 is 0 Å². The van der Waals surface area contributed by atoms with Crippen molar-refractivity contribution in [3.8, 4) is 0 Å². The summed E-state index contributed by atoms with van der Waals surface area (Å²) in [4.78, 5) is 11.9. The second kappa shape index (κ2) is 3.91. The van der Waals surface area contributed by atoms with Crippen LogP contribution in [0.25, 0.3) is 0 Å². The smallest absolute Gasteiger partial charge is 0.232 e. The van der Waals surface area contributed by atoms with Crippen LogP contribution in [0.4, 0.5) is 0 Å². The molecule has 1 aliphatic carbocycles. The molecule has 16 heavy (non-hydrogen) atoms. The highest BCUT2D eigenvalue weighted by atomic mass is 31.1. The van der Waals surface area contributed by atoms with Crippen molar-refractivity contribution in [2.75, 3.05) is 0 Å². The zero-order chi connectivity index (χ0) is 12.8. The van der Waals surface area contributed by atoms with E-state index in [1.807, 2.05) is 0 Å². The fraction of sp³-hybridized carbons (Fsp3) is 0.923. The van der Waals surface area contributed by atoms with Gasteiger partial charge in [-0.1, -0.05) is 41.5 Å². The largest absolute Gasteiger partial charge is 0.286 e. The first kappa shape index (κ1) is 13.8. The fourth-order valence-corrected chi connectivity index (χ4v) is 5.32. The van der Waals surface area contributed by atoms with Crippen LogP contribution in [0.15, 0.2) is 0 Å². The van der Waals surface area contributed by atoms with Crippen LogP contribution in [0.1, 0.15) is 54.4 Å². The first-order valence-electron chi connectivity index (χ1n) is 5.89. The van der Waals surface area contributed by atoms with E-state index in [1.165, 1.54) is 0 Å². The van der Waals surface area contributed by atoms with Crippen LogP contribution in [0.2, 0.25) is 0 Å². The molecule has 0 bridgehead atoms. The van der Waals surface area contributed by atoms with E-state index in [9.17, 15) is 9.36 Å². The van der Waals surface area contributed by atoms with Gasteiger partial charge in [0, 0.05) is 5.92 Å². The molecule has 1 saturated carbocycles. The minimum Gasteiger partial charge on any atom is -0.286 e. The summed E-state index contributed by atoms with van der Waals surface area (Å²) in [6.07, 6.45) is 2.02. The molecule has 0 N–H and O–H groups in total. The Balaban J connectivity index is 3.16. The predicted molar refractivity (Wildman–Crippen MR) is 66.7 cm³/mol. The third-order valence-electron chi connectivity index (χ3n) is 3.77. The van der Waals surface area contributed by atoms with Gasteiger partial charge in [0.2, 0.25) is 14.0 Å². The summed E-state index contributed by atoms with van der Waals surface area (Å²) < 4.78 is 10.9. The van der Waals surface area contributed by atoms with Crippen molar-refractivity contribution < 1.29 is 9.36 Å². The van der Waals surface area contributed by atoms with E-state index in [1.54, 1.807) is 0 Å². The maximum Gasteiger partial charge on any atom is 0.232 e. The van der Waals surface area contributed by atoms with E-state index in [2.05, 4.69) is 41.5 Å². The van der Waals surface area contributed by atoms with Gasteiger partial charge in [-0.25, -0.2) is 0 Å². The minimum atomic E-state index is -0.332. The molecule has 0 saturated heterocycles. The molecule has 0 radical (unpaired) electrons. The number of hydrogen-bond donors (Lipinski definition) is 0. The normalized spacial score (nSPS) is 27.9. The zero-order valence-corrected chi connectivity index (χ0v) is 12.1. The fourth-order valence-electron chi connectivity index (χ4n) is 4.51. The minimum absolute atomic E-state index is 0.0697. The third-order valence-corrected chi connectivity index (χ3v) is 4.21. The standard InChI is InChI=1S/C13H23O2P/c1-11(2)7-12(3,4)9(10(14)16-15)13(5,6)8-11/h9H,7-8H2,1-6H3. The molecule has 1 aliphatic rings. The van der Waals surface area contributed by atoms with Gasteiger partial charge in [0.05, 0.1) is 0 Å². The van der Waals surface area contributed by atoms with E-state index in [0.717, 1.165) is 12.8 Å². The summed E-state index contributed by atoms with van der Waals surface area (Å²) in [5.41, 5.74) is -0.0197. The highest BCUT2D eigenvalue weighted by molar-refractivity contribution is 7.46. The van der Waals surface area contributed by atoms with Crippen LogP contribution >= 0.6 is 8.46 Å². The predicted octanol–water partition coefficient (Wildman–Crippen LogP) is 4.29. The lowest BCUT2D eigenvalue weighted by atomic mass is 9.51. The van der Waals surface area contributed by atoms with E-state index in [0.29, 0.717) is 0 Å². The highest BCUT2D eigenvalue weighted by Crippen LogP contribution is 2.58. The van der Waals surface area contributed by atoms with Crippen LogP contribution < -0.4 is 0 Å². The molecule has 0 aromatic carbocycles. The van der Waals surface area contributed by atoms with Crippen LogP contribution in [-0.2, 0) is 9.36 Å². The lowest BCUT2D eigenvalue weighted by Crippen LogP contribution is -2.49. The van der Waals surface area contributed by atoms with Crippen molar-refractivity contribution in [1.82, 2.24) is 0 Å². The molecular weight excluding hydrogens is 219 g/mol. The molecule has 0 aliphatic heterocycles. The van der Waals surface area contributed by atoms with Gasteiger partial charge in [0.1, 0.15) is 0 Å². The van der Waals surface area contributed by atoms with E-state index in [-0.39, 0.29) is 36.1 Å². The molecule has 0 heterocycles. The molecule has 0 aromatic heterocycles. The Morgan fingerprint density at radius 1 is 1.00 bits per heavy atom. The van der Waals surface area contributed by atoms with Crippen molar-refractivity contribution in [3.05, 3.63) is 0 Å². The quantitative estimate of drug-likeness (QED) is 0.677. The van der Waals surface area contributed by atoms with Gasteiger partial charge in [-0.2, -0.15) is 0 Å². The Morgan fingerprint density at radius 2 is 1.38 bits per heavy atom. The molecule has 3 heteroatoms. The van der Waals surface area contributed by atoms with Crippen LogP contribution in [0, 0.1) is 22.2 Å². The number of carbonyl (C=O) groups excluding carboxylic acids is 1. The van der Waals surface area contributed by atoms with E-state index in [4.69, 9.17) is 0 Å². The van der Waals surface area contributed by atoms with Crippen molar-refractivity contribution in [2.24, 2.45) is 22.2 Å². The molecule has 0 unspecified atom stereocenters. The van der Waals surface area contributed by atoms with Gasteiger partial charge in [-0.15, -0.1) is 0 Å². The SMILES string of the molecule is CC1(C)CC(C)(C)C(C(=O)P=O)C(C)(C)C1. The zero-order valence-electron chi connectivity index (χ0n) is 11.3. The molecule has 1 fully saturated rings.